The topological polar surface area (TPSA) is 78.2 Å². The molecule has 1 atom stereocenters. The molecule has 1 aromatic carbocycles. The van der Waals surface area contributed by atoms with E-state index in [9.17, 15) is 0 Å². The highest BCUT2D eigenvalue weighted by atomic mass is 35.5. The van der Waals surface area contributed by atoms with E-state index in [1.807, 2.05) is 0 Å². The van der Waals surface area contributed by atoms with Gasteiger partial charge in [0.1, 0.15) is 5.75 Å². The van der Waals surface area contributed by atoms with Gasteiger partial charge in [0.05, 0.1) is 13.2 Å². The van der Waals surface area contributed by atoms with Gasteiger partial charge in [0.25, 0.3) is 0 Å². The van der Waals surface area contributed by atoms with Crippen LogP contribution >= 0.6 is 11.6 Å². The van der Waals surface area contributed by atoms with Crippen LogP contribution in [0.3, 0.4) is 0 Å². The largest absolute Gasteiger partial charge is 0.496 e. The Morgan fingerprint density at radius 1 is 1.59 bits per heavy atom. The highest BCUT2D eigenvalue weighted by Crippen LogP contribution is 2.33. The van der Waals surface area contributed by atoms with Crippen molar-refractivity contribution in [2.45, 2.75) is 18.9 Å². The van der Waals surface area contributed by atoms with E-state index < -0.39 is 0 Å². The molecule has 0 amide bonds. The fourth-order valence-electron chi connectivity index (χ4n) is 1.59. The maximum atomic E-state index is 8.82. The van der Waals surface area contributed by atoms with Crippen LogP contribution in [-0.2, 0) is 0 Å². The summed E-state index contributed by atoms with van der Waals surface area (Å²) < 4.78 is 5.20. The van der Waals surface area contributed by atoms with Crippen molar-refractivity contribution in [1.29, 1.82) is 0 Å². The van der Waals surface area contributed by atoms with Gasteiger partial charge in [-0.1, -0.05) is 16.7 Å². The van der Waals surface area contributed by atoms with Crippen molar-refractivity contribution in [3.05, 3.63) is 39.2 Å². The van der Waals surface area contributed by atoms with Gasteiger partial charge in [-0.15, -0.1) is 0 Å². The second-order valence-electron chi connectivity index (χ2n) is 3.47. The molecule has 0 saturated carbocycles. The van der Waals surface area contributed by atoms with Crippen molar-refractivity contribution in [2.24, 2.45) is 5.11 Å². The number of methoxy groups -OCH3 is 1. The van der Waals surface area contributed by atoms with Crippen LogP contribution in [0.25, 0.3) is 10.4 Å². The highest BCUT2D eigenvalue weighted by molar-refractivity contribution is 6.30. The van der Waals surface area contributed by atoms with E-state index in [-0.39, 0.29) is 12.6 Å². The van der Waals surface area contributed by atoms with Gasteiger partial charge in [0.15, 0.2) is 0 Å². The van der Waals surface area contributed by atoms with Crippen LogP contribution in [0.2, 0.25) is 5.02 Å². The molecule has 0 bridgehead atoms. The summed E-state index contributed by atoms with van der Waals surface area (Å²) in [4.78, 5) is 2.82. The van der Waals surface area contributed by atoms with Crippen molar-refractivity contribution < 1.29 is 9.84 Å². The number of halogens is 1. The van der Waals surface area contributed by atoms with Crippen LogP contribution in [-0.4, -0.2) is 18.8 Å². The number of rotatable bonds is 6. The van der Waals surface area contributed by atoms with Crippen LogP contribution in [0, 0.1) is 0 Å². The van der Waals surface area contributed by atoms with E-state index in [2.05, 4.69) is 10.0 Å². The molecule has 17 heavy (non-hydrogen) atoms. The minimum atomic E-state index is -0.374. The van der Waals surface area contributed by atoms with Gasteiger partial charge in [-0.05, 0) is 36.6 Å². The number of hydrogen-bond acceptors (Lipinski definition) is 3. The average molecular weight is 256 g/mol. The molecule has 6 heteroatoms. The molecule has 1 rings (SSSR count). The first-order valence-electron chi connectivity index (χ1n) is 5.21. The van der Waals surface area contributed by atoms with E-state index in [0.29, 0.717) is 23.6 Å². The Balaban J connectivity index is 3.06. The van der Waals surface area contributed by atoms with Crippen LogP contribution in [0.5, 0.6) is 5.75 Å². The second-order valence-corrected chi connectivity index (χ2v) is 3.91. The molecule has 0 aliphatic carbocycles. The predicted octanol–water partition coefficient (Wildman–Crippen LogP) is 3.47. The zero-order valence-electron chi connectivity index (χ0n) is 9.51. The SMILES string of the molecule is COc1ccc(Cl)cc1C(CCCO)N=[N+]=[N-]. The first-order valence-corrected chi connectivity index (χ1v) is 5.59. The summed E-state index contributed by atoms with van der Waals surface area (Å²) in [7, 11) is 1.55. The Hall–Kier alpha value is -1.42. The molecule has 0 aromatic heterocycles. The first-order chi connectivity index (χ1) is 8.22. The molecule has 1 unspecified atom stereocenters. The average Bonchev–Trinajstić information content (AvgIpc) is 2.34. The lowest BCUT2D eigenvalue weighted by Gasteiger charge is -2.15. The Labute approximate surface area is 105 Å². The molecule has 1 N–H and O–H groups in total. The van der Waals surface area contributed by atoms with Crippen molar-refractivity contribution in [2.75, 3.05) is 13.7 Å². The van der Waals surface area contributed by atoms with Gasteiger partial charge in [-0.25, -0.2) is 0 Å². The van der Waals surface area contributed by atoms with Crippen molar-refractivity contribution in [3.63, 3.8) is 0 Å². The van der Waals surface area contributed by atoms with E-state index in [4.69, 9.17) is 27.0 Å². The summed E-state index contributed by atoms with van der Waals surface area (Å²) >= 11 is 5.91. The van der Waals surface area contributed by atoms with E-state index in [1.165, 1.54) is 0 Å². The third-order valence-electron chi connectivity index (χ3n) is 2.38. The molecule has 0 heterocycles. The summed E-state index contributed by atoms with van der Waals surface area (Å²) in [5.74, 6) is 0.629. The first kappa shape index (κ1) is 13.6. The number of hydrogen-bond donors (Lipinski definition) is 1. The molecule has 0 aliphatic heterocycles. The standard InChI is InChI=1S/C11H14ClN3O2/c1-17-11-5-4-8(12)7-9(11)10(14-15-13)3-2-6-16/h4-5,7,10,16H,2-3,6H2,1H3. The van der Waals surface area contributed by atoms with Gasteiger partial charge in [-0.3, -0.25) is 0 Å². The molecule has 0 aliphatic rings. The van der Waals surface area contributed by atoms with E-state index in [0.717, 1.165) is 5.56 Å². The fourth-order valence-corrected chi connectivity index (χ4v) is 1.77. The Morgan fingerprint density at radius 3 is 2.94 bits per heavy atom. The number of aliphatic hydroxyl groups excluding tert-OH is 1. The molecule has 0 radical (unpaired) electrons. The molecule has 0 saturated heterocycles. The monoisotopic (exact) mass is 255 g/mol. The highest BCUT2D eigenvalue weighted by Gasteiger charge is 2.15. The van der Waals surface area contributed by atoms with Crippen molar-refractivity contribution in [1.82, 2.24) is 0 Å². The molecule has 1 aromatic rings. The second kappa shape index (κ2) is 7.01. The fraction of sp³-hybridized carbons (Fsp3) is 0.455. The van der Waals surface area contributed by atoms with Gasteiger partial charge < -0.3 is 9.84 Å². The zero-order valence-corrected chi connectivity index (χ0v) is 10.3. The number of benzene rings is 1. The number of aliphatic hydroxyl groups is 1. The zero-order chi connectivity index (χ0) is 12.7. The third-order valence-corrected chi connectivity index (χ3v) is 2.61. The van der Waals surface area contributed by atoms with Gasteiger partial charge >= 0.3 is 0 Å². The predicted molar refractivity (Wildman–Crippen MR) is 66.2 cm³/mol. The number of nitrogens with zero attached hydrogens (tertiary/aromatic N) is 3. The summed E-state index contributed by atoms with van der Waals surface area (Å²) in [6.45, 7) is 0.0559. The summed E-state index contributed by atoms with van der Waals surface area (Å²) in [5, 5.41) is 13.1. The van der Waals surface area contributed by atoms with Gasteiger partial charge in [0, 0.05) is 22.1 Å². The smallest absolute Gasteiger partial charge is 0.122 e. The van der Waals surface area contributed by atoms with Crippen LogP contribution < -0.4 is 4.74 Å². The van der Waals surface area contributed by atoms with E-state index >= 15 is 0 Å². The molecule has 5 nitrogen and oxygen atoms in total. The van der Waals surface area contributed by atoms with Crippen LogP contribution in [0.4, 0.5) is 0 Å². The van der Waals surface area contributed by atoms with Crippen LogP contribution in [0.15, 0.2) is 23.3 Å². The Kier molecular flexibility index (Phi) is 5.63. The lowest BCUT2D eigenvalue weighted by molar-refractivity contribution is 0.279. The molecule has 0 spiro atoms. The third kappa shape index (κ3) is 3.82. The van der Waals surface area contributed by atoms with Crippen molar-refractivity contribution >= 4 is 11.6 Å². The maximum absolute atomic E-state index is 8.82. The summed E-state index contributed by atoms with van der Waals surface area (Å²) in [5.41, 5.74) is 9.29. The number of azide groups is 1. The summed E-state index contributed by atoms with van der Waals surface area (Å²) in [6.07, 6.45) is 1.11. The Bertz CT molecular complexity index is 419. The van der Waals surface area contributed by atoms with Crippen LogP contribution in [0.1, 0.15) is 24.4 Å². The molecule has 0 fully saturated rings. The van der Waals surface area contributed by atoms with Gasteiger partial charge in [0.2, 0.25) is 0 Å². The molecular weight excluding hydrogens is 242 g/mol. The van der Waals surface area contributed by atoms with Gasteiger partial charge in [-0.2, -0.15) is 0 Å². The lowest BCUT2D eigenvalue weighted by atomic mass is 10.0. The minimum Gasteiger partial charge on any atom is -0.496 e. The normalized spacial score (nSPS) is 11.7. The van der Waals surface area contributed by atoms with E-state index in [1.54, 1.807) is 25.3 Å². The summed E-state index contributed by atoms with van der Waals surface area (Å²) in [6, 6.07) is 4.79. The molecular formula is C11H14ClN3O2. The quantitative estimate of drug-likeness (QED) is 0.480. The number of ether oxygens (including phenoxy) is 1. The molecule has 92 valence electrons. The maximum Gasteiger partial charge on any atom is 0.122 e. The minimum absolute atomic E-state index is 0.0559. The lowest BCUT2D eigenvalue weighted by Crippen LogP contribution is -2.00. The van der Waals surface area contributed by atoms with Crippen molar-refractivity contribution in [3.8, 4) is 5.75 Å². The Morgan fingerprint density at radius 2 is 2.35 bits per heavy atom.